The highest BCUT2D eigenvalue weighted by molar-refractivity contribution is 14.0. The van der Waals surface area contributed by atoms with Gasteiger partial charge in [0.1, 0.15) is 17.4 Å². The van der Waals surface area contributed by atoms with E-state index in [4.69, 9.17) is 4.74 Å². The maximum atomic E-state index is 5.82. The van der Waals surface area contributed by atoms with Crippen molar-refractivity contribution >= 4 is 41.3 Å². The number of aromatic nitrogens is 1. The van der Waals surface area contributed by atoms with Crippen molar-refractivity contribution in [1.82, 2.24) is 15.6 Å². The Balaban J connectivity index is 0.00000338. The molecule has 5 nitrogen and oxygen atoms in total. The van der Waals surface area contributed by atoms with Crippen molar-refractivity contribution < 1.29 is 4.74 Å². The van der Waals surface area contributed by atoms with Crippen LogP contribution in [0.4, 0.5) is 0 Å². The number of hydrogen-bond donors (Lipinski definition) is 2. The van der Waals surface area contributed by atoms with Gasteiger partial charge < -0.3 is 15.4 Å². The van der Waals surface area contributed by atoms with Crippen LogP contribution in [0.15, 0.2) is 23.2 Å². The van der Waals surface area contributed by atoms with Gasteiger partial charge in [0.25, 0.3) is 0 Å². The van der Waals surface area contributed by atoms with Gasteiger partial charge in [0, 0.05) is 11.4 Å². The van der Waals surface area contributed by atoms with Crippen LogP contribution in [0.3, 0.4) is 0 Å². The Labute approximate surface area is 177 Å². The molecule has 0 spiro atoms. The molecule has 1 aromatic carbocycles. The molecule has 7 heteroatoms. The number of guanidine groups is 1. The number of thiazole rings is 1. The lowest BCUT2D eigenvalue weighted by Crippen LogP contribution is -2.39. The summed E-state index contributed by atoms with van der Waals surface area (Å²) >= 11 is 1.70. The van der Waals surface area contributed by atoms with Crippen molar-refractivity contribution in [1.29, 1.82) is 0 Å². The van der Waals surface area contributed by atoms with Gasteiger partial charge in [-0.2, -0.15) is 0 Å². The molecule has 0 aliphatic carbocycles. The number of benzene rings is 1. The summed E-state index contributed by atoms with van der Waals surface area (Å²) in [7, 11) is 0. The van der Waals surface area contributed by atoms with Crippen LogP contribution in [0.1, 0.15) is 33.6 Å². The summed E-state index contributed by atoms with van der Waals surface area (Å²) < 4.78 is 5.82. The first-order valence-corrected chi connectivity index (χ1v) is 9.45. The third kappa shape index (κ3) is 7.49. The van der Waals surface area contributed by atoms with E-state index in [2.05, 4.69) is 66.5 Å². The Bertz CT molecular complexity index is 691. The summed E-state index contributed by atoms with van der Waals surface area (Å²) in [5.41, 5.74) is 3.52. The molecule has 2 N–H and O–H groups in total. The molecular weight excluding hydrogens is 459 g/mol. The van der Waals surface area contributed by atoms with Gasteiger partial charge in [0.2, 0.25) is 0 Å². The molecular formula is C19H29IN4OS. The van der Waals surface area contributed by atoms with Gasteiger partial charge in [-0.25, -0.2) is 9.98 Å². The van der Waals surface area contributed by atoms with E-state index in [9.17, 15) is 0 Å². The number of nitrogens with zero attached hydrogens (tertiary/aromatic N) is 2. The minimum atomic E-state index is 0. The summed E-state index contributed by atoms with van der Waals surface area (Å²) in [5.74, 6) is 1.70. The van der Waals surface area contributed by atoms with Crippen LogP contribution in [0.25, 0.3) is 0 Å². The van der Waals surface area contributed by atoms with Crippen molar-refractivity contribution in [3.8, 4) is 5.75 Å². The van der Waals surface area contributed by atoms with Crippen LogP contribution >= 0.6 is 35.3 Å². The quantitative estimate of drug-likeness (QED) is 0.266. The second-order valence-electron chi connectivity index (χ2n) is 6.04. The highest BCUT2D eigenvalue weighted by atomic mass is 127. The van der Waals surface area contributed by atoms with E-state index in [0.29, 0.717) is 19.7 Å². The number of hydrogen-bond acceptors (Lipinski definition) is 4. The fraction of sp³-hybridized carbons (Fsp3) is 0.474. The minimum Gasteiger partial charge on any atom is -0.492 e. The predicted octanol–water partition coefficient (Wildman–Crippen LogP) is 4.13. The molecule has 1 heterocycles. The predicted molar refractivity (Wildman–Crippen MR) is 121 cm³/mol. The summed E-state index contributed by atoms with van der Waals surface area (Å²) in [6, 6.07) is 6.25. The Hall–Kier alpha value is -1.35. The first-order chi connectivity index (χ1) is 12.0. The number of ether oxygens (including phenoxy) is 1. The molecule has 0 bridgehead atoms. The first kappa shape index (κ1) is 22.7. The first-order valence-electron chi connectivity index (χ1n) is 8.64. The van der Waals surface area contributed by atoms with Gasteiger partial charge in [-0.1, -0.05) is 6.07 Å². The summed E-state index contributed by atoms with van der Waals surface area (Å²) in [4.78, 5) is 10.4. The number of rotatable bonds is 7. The summed E-state index contributed by atoms with van der Waals surface area (Å²) in [5, 5.41) is 7.59. The smallest absolute Gasteiger partial charge is 0.191 e. The molecule has 0 unspecified atom stereocenters. The average molecular weight is 488 g/mol. The second kappa shape index (κ2) is 11.4. The Morgan fingerprint density at radius 1 is 1.12 bits per heavy atom. The molecule has 26 heavy (non-hydrogen) atoms. The van der Waals surface area contributed by atoms with Crippen molar-refractivity contribution in [3.05, 3.63) is 44.9 Å². The molecule has 0 aliphatic rings. The molecule has 0 saturated carbocycles. The molecule has 0 radical (unpaired) electrons. The van der Waals surface area contributed by atoms with Crippen LogP contribution in [0.2, 0.25) is 0 Å². The second-order valence-corrected chi connectivity index (χ2v) is 7.33. The largest absolute Gasteiger partial charge is 0.492 e. The monoisotopic (exact) mass is 488 g/mol. The van der Waals surface area contributed by atoms with E-state index in [1.165, 1.54) is 16.0 Å². The number of halogens is 1. The Kier molecular flexibility index (Phi) is 9.93. The molecule has 0 saturated heterocycles. The maximum absolute atomic E-state index is 5.82. The molecule has 1 aromatic heterocycles. The molecule has 0 aliphatic heterocycles. The lowest BCUT2D eigenvalue weighted by atomic mass is 10.1. The van der Waals surface area contributed by atoms with Crippen molar-refractivity contribution in [2.24, 2.45) is 4.99 Å². The molecule has 144 valence electrons. The van der Waals surface area contributed by atoms with Crippen molar-refractivity contribution in [3.63, 3.8) is 0 Å². The van der Waals surface area contributed by atoms with Gasteiger partial charge in [0.05, 0.1) is 18.8 Å². The van der Waals surface area contributed by atoms with Gasteiger partial charge in [-0.3, -0.25) is 0 Å². The lowest BCUT2D eigenvalue weighted by molar-refractivity contribution is 0.321. The van der Waals surface area contributed by atoms with Gasteiger partial charge in [0.15, 0.2) is 5.96 Å². The van der Waals surface area contributed by atoms with E-state index in [-0.39, 0.29) is 24.0 Å². The fourth-order valence-corrected chi connectivity index (χ4v) is 3.31. The third-order valence-corrected chi connectivity index (χ3v) is 4.71. The summed E-state index contributed by atoms with van der Waals surface area (Å²) in [6.45, 7) is 13.0. The van der Waals surface area contributed by atoms with Gasteiger partial charge in [-0.05, 0) is 57.9 Å². The summed E-state index contributed by atoms with van der Waals surface area (Å²) in [6.07, 6.45) is 0. The minimum absolute atomic E-state index is 0. The standard InChI is InChI=1S/C19H28N4OS.HI/c1-6-20-19(22-12-18-23-15(4)16(5)25-18)21-7-8-24-17-10-13(2)9-14(3)11-17;/h9-11H,6-8,12H2,1-5H3,(H2,20,21,22);1H. The zero-order valence-electron chi connectivity index (χ0n) is 16.2. The third-order valence-electron chi connectivity index (χ3n) is 3.65. The van der Waals surface area contributed by atoms with Crippen LogP contribution in [0, 0.1) is 27.7 Å². The van der Waals surface area contributed by atoms with E-state index < -0.39 is 0 Å². The normalized spacial score (nSPS) is 11.0. The highest BCUT2D eigenvalue weighted by Crippen LogP contribution is 2.17. The number of nitrogens with one attached hydrogen (secondary N) is 2. The van der Waals surface area contributed by atoms with E-state index in [0.717, 1.165) is 29.0 Å². The zero-order chi connectivity index (χ0) is 18.2. The molecule has 2 rings (SSSR count). The maximum Gasteiger partial charge on any atom is 0.191 e. The van der Waals surface area contributed by atoms with Crippen molar-refractivity contribution in [2.75, 3.05) is 19.7 Å². The topological polar surface area (TPSA) is 58.5 Å². The number of aryl methyl sites for hydroxylation is 4. The highest BCUT2D eigenvalue weighted by Gasteiger charge is 2.04. The molecule has 0 fully saturated rings. The Morgan fingerprint density at radius 2 is 1.81 bits per heavy atom. The van der Waals surface area contributed by atoms with Crippen LogP contribution in [-0.4, -0.2) is 30.6 Å². The van der Waals surface area contributed by atoms with Gasteiger partial charge >= 0.3 is 0 Å². The number of aliphatic imine (C=N–C) groups is 1. The van der Waals surface area contributed by atoms with Gasteiger partial charge in [-0.15, -0.1) is 35.3 Å². The molecule has 2 aromatic rings. The zero-order valence-corrected chi connectivity index (χ0v) is 19.3. The molecule has 0 amide bonds. The molecule has 0 atom stereocenters. The lowest BCUT2D eigenvalue weighted by Gasteiger charge is -2.12. The van der Waals surface area contributed by atoms with Crippen LogP contribution in [-0.2, 0) is 6.54 Å². The average Bonchev–Trinajstić information content (AvgIpc) is 2.86. The van der Waals surface area contributed by atoms with Crippen LogP contribution in [0.5, 0.6) is 5.75 Å². The van der Waals surface area contributed by atoms with Crippen LogP contribution < -0.4 is 15.4 Å². The fourth-order valence-electron chi connectivity index (χ4n) is 2.45. The van der Waals surface area contributed by atoms with E-state index in [1.54, 1.807) is 11.3 Å². The van der Waals surface area contributed by atoms with E-state index >= 15 is 0 Å². The SMILES string of the molecule is CCNC(=NCc1nc(C)c(C)s1)NCCOc1cc(C)cc(C)c1.I. The van der Waals surface area contributed by atoms with E-state index in [1.807, 2.05) is 6.92 Å². The Morgan fingerprint density at radius 3 is 2.38 bits per heavy atom. The van der Waals surface area contributed by atoms with Crippen molar-refractivity contribution in [2.45, 2.75) is 41.2 Å².